The second-order valence-electron chi connectivity index (χ2n) is 5.98. The van der Waals surface area contributed by atoms with E-state index in [9.17, 15) is 4.79 Å². The zero-order chi connectivity index (χ0) is 18.4. The molecular formula is C19H21BrClNO3. The van der Waals surface area contributed by atoms with Crippen LogP contribution in [-0.4, -0.2) is 19.6 Å². The van der Waals surface area contributed by atoms with Gasteiger partial charge in [-0.15, -0.1) is 0 Å². The van der Waals surface area contributed by atoms with Crippen LogP contribution in [0.4, 0.5) is 5.69 Å². The van der Waals surface area contributed by atoms with Crippen LogP contribution in [-0.2, 0) is 0 Å². The number of carbonyl (C=O) groups excluding carboxylic acids is 1. The standard InChI is InChI=1S/C19H21BrClNO3/c1-12(2)8-9-25-17-6-4-13(10-15(17)20)19(23)22-14-5-7-18(24-3)16(21)11-14/h4-7,10-12H,8-9H2,1-3H3,(H,22,23). The number of anilines is 1. The lowest BCUT2D eigenvalue weighted by molar-refractivity contribution is 0.102. The summed E-state index contributed by atoms with van der Waals surface area (Å²) in [6.45, 7) is 4.95. The summed E-state index contributed by atoms with van der Waals surface area (Å²) < 4.78 is 11.6. The molecule has 0 atom stereocenters. The number of amides is 1. The van der Waals surface area contributed by atoms with Gasteiger partial charge in [-0.25, -0.2) is 0 Å². The summed E-state index contributed by atoms with van der Waals surface area (Å²) in [6, 6.07) is 10.4. The van der Waals surface area contributed by atoms with E-state index in [0.29, 0.717) is 34.5 Å². The molecule has 2 rings (SSSR count). The van der Waals surface area contributed by atoms with Crippen LogP contribution in [0, 0.1) is 5.92 Å². The molecule has 0 aliphatic carbocycles. The lowest BCUT2D eigenvalue weighted by Crippen LogP contribution is -2.12. The fourth-order valence-electron chi connectivity index (χ4n) is 2.11. The van der Waals surface area contributed by atoms with Gasteiger partial charge < -0.3 is 14.8 Å². The van der Waals surface area contributed by atoms with E-state index in [1.165, 1.54) is 0 Å². The molecular weight excluding hydrogens is 406 g/mol. The third-order valence-corrected chi connectivity index (χ3v) is 4.47. The van der Waals surface area contributed by atoms with E-state index in [1.54, 1.807) is 43.5 Å². The Kier molecular flexibility index (Phi) is 7.14. The monoisotopic (exact) mass is 425 g/mol. The Balaban J connectivity index is 2.04. The Morgan fingerprint density at radius 2 is 1.92 bits per heavy atom. The van der Waals surface area contributed by atoms with Gasteiger partial charge in [0, 0.05) is 11.3 Å². The van der Waals surface area contributed by atoms with Crippen LogP contribution >= 0.6 is 27.5 Å². The molecule has 0 unspecified atom stereocenters. The number of hydrogen-bond donors (Lipinski definition) is 1. The molecule has 2 aromatic rings. The third-order valence-electron chi connectivity index (χ3n) is 3.56. The highest BCUT2D eigenvalue weighted by atomic mass is 79.9. The highest BCUT2D eigenvalue weighted by molar-refractivity contribution is 9.10. The van der Waals surface area contributed by atoms with Gasteiger partial charge in [0.2, 0.25) is 0 Å². The van der Waals surface area contributed by atoms with Crippen LogP contribution in [0.25, 0.3) is 0 Å². The average molecular weight is 427 g/mol. The van der Waals surface area contributed by atoms with Crippen LogP contribution < -0.4 is 14.8 Å². The van der Waals surface area contributed by atoms with Gasteiger partial charge in [-0.1, -0.05) is 25.4 Å². The largest absolute Gasteiger partial charge is 0.495 e. The highest BCUT2D eigenvalue weighted by Crippen LogP contribution is 2.29. The number of halogens is 2. The maximum Gasteiger partial charge on any atom is 0.255 e. The molecule has 0 saturated heterocycles. The Bertz CT molecular complexity index is 749. The van der Waals surface area contributed by atoms with Crippen LogP contribution in [0.5, 0.6) is 11.5 Å². The Labute approximate surface area is 161 Å². The van der Waals surface area contributed by atoms with Gasteiger partial charge in [0.1, 0.15) is 11.5 Å². The maximum atomic E-state index is 12.4. The van der Waals surface area contributed by atoms with E-state index in [-0.39, 0.29) is 5.91 Å². The molecule has 4 nitrogen and oxygen atoms in total. The van der Waals surface area contributed by atoms with E-state index in [1.807, 2.05) is 0 Å². The molecule has 0 bridgehead atoms. The smallest absolute Gasteiger partial charge is 0.255 e. The molecule has 0 aliphatic heterocycles. The summed E-state index contributed by atoms with van der Waals surface area (Å²) in [5.41, 5.74) is 1.12. The van der Waals surface area contributed by atoms with E-state index >= 15 is 0 Å². The first kappa shape index (κ1) is 19.6. The molecule has 134 valence electrons. The van der Waals surface area contributed by atoms with Crippen LogP contribution in [0.2, 0.25) is 5.02 Å². The van der Waals surface area contributed by atoms with Gasteiger partial charge in [0.15, 0.2) is 0 Å². The lowest BCUT2D eigenvalue weighted by atomic mass is 10.1. The van der Waals surface area contributed by atoms with Crippen molar-refractivity contribution >= 4 is 39.1 Å². The van der Waals surface area contributed by atoms with Crippen molar-refractivity contribution in [3.63, 3.8) is 0 Å². The lowest BCUT2D eigenvalue weighted by Gasteiger charge is -2.11. The van der Waals surface area contributed by atoms with Crippen molar-refractivity contribution in [2.75, 3.05) is 19.0 Å². The Morgan fingerprint density at radius 1 is 1.20 bits per heavy atom. The van der Waals surface area contributed by atoms with Crippen LogP contribution in [0.15, 0.2) is 40.9 Å². The second kappa shape index (κ2) is 9.11. The normalized spacial score (nSPS) is 10.6. The van der Waals surface area contributed by atoms with Crippen molar-refractivity contribution < 1.29 is 14.3 Å². The first-order chi connectivity index (χ1) is 11.9. The molecule has 1 N–H and O–H groups in total. The van der Waals surface area contributed by atoms with E-state index in [4.69, 9.17) is 21.1 Å². The van der Waals surface area contributed by atoms with Gasteiger partial charge >= 0.3 is 0 Å². The van der Waals surface area contributed by atoms with Gasteiger partial charge in [-0.3, -0.25) is 4.79 Å². The fourth-order valence-corrected chi connectivity index (χ4v) is 2.86. The minimum atomic E-state index is -0.226. The fraction of sp³-hybridized carbons (Fsp3) is 0.316. The van der Waals surface area contributed by atoms with Crippen molar-refractivity contribution in [3.05, 3.63) is 51.5 Å². The average Bonchev–Trinajstić information content (AvgIpc) is 2.56. The van der Waals surface area contributed by atoms with E-state index in [2.05, 4.69) is 35.1 Å². The van der Waals surface area contributed by atoms with Gasteiger partial charge in [0.05, 0.1) is 23.2 Å². The second-order valence-corrected chi connectivity index (χ2v) is 7.24. The summed E-state index contributed by atoms with van der Waals surface area (Å²) in [5, 5.41) is 3.25. The first-order valence-electron chi connectivity index (χ1n) is 7.98. The third kappa shape index (κ3) is 5.65. The first-order valence-corrected chi connectivity index (χ1v) is 9.15. The van der Waals surface area contributed by atoms with Crippen molar-refractivity contribution in [2.45, 2.75) is 20.3 Å². The Hall–Kier alpha value is -1.72. The van der Waals surface area contributed by atoms with Gasteiger partial charge in [-0.05, 0) is 64.7 Å². The van der Waals surface area contributed by atoms with Crippen molar-refractivity contribution in [1.82, 2.24) is 0 Å². The molecule has 6 heteroatoms. The van der Waals surface area contributed by atoms with Crippen molar-refractivity contribution in [1.29, 1.82) is 0 Å². The van der Waals surface area contributed by atoms with Gasteiger partial charge in [-0.2, -0.15) is 0 Å². The molecule has 0 aromatic heterocycles. The number of benzene rings is 2. The molecule has 0 heterocycles. The van der Waals surface area contributed by atoms with Crippen LogP contribution in [0.3, 0.4) is 0 Å². The molecule has 1 amide bonds. The van der Waals surface area contributed by atoms with E-state index in [0.717, 1.165) is 16.6 Å². The van der Waals surface area contributed by atoms with Crippen molar-refractivity contribution in [3.8, 4) is 11.5 Å². The highest BCUT2D eigenvalue weighted by Gasteiger charge is 2.11. The molecule has 0 aliphatic rings. The summed E-state index contributed by atoms with van der Waals surface area (Å²) in [7, 11) is 1.54. The quantitative estimate of drug-likeness (QED) is 0.609. The number of methoxy groups -OCH3 is 1. The number of rotatable bonds is 7. The molecule has 0 fully saturated rings. The SMILES string of the molecule is COc1ccc(NC(=O)c2ccc(OCCC(C)C)c(Br)c2)cc1Cl. The summed E-state index contributed by atoms with van der Waals surface area (Å²) in [6.07, 6.45) is 0.979. The zero-order valence-corrected chi connectivity index (χ0v) is 16.8. The molecule has 2 aromatic carbocycles. The minimum absolute atomic E-state index is 0.226. The molecule has 0 spiro atoms. The predicted molar refractivity (Wildman–Crippen MR) is 105 cm³/mol. The molecule has 0 saturated carbocycles. The maximum absolute atomic E-state index is 12.4. The summed E-state index contributed by atoms with van der Waals surface area (Å²) in [4.78, 5) is 12.4. The number of ether oxygens (including phenoxy) is 2. The van der Waals surface area contributed by atoms with Crippen LogP contribution in [0.1, 0.15) is 30.6 Å². The Morgan fingerprint density at radius 3 is 2.52 bits per heavy atom. The number of nitrogens with one attached hydrogen (secondary N) is 1. The zero-order valence-electron chi connectivity index (χ0n) is 14.4. The summed E-state index contributed by atoms with van der Waals surface area (Å²) >= 11 is 9.53. The number of carbonyl (C=O) groups is 1. The molecule has 0 radical (unpaired) electrons. The van der Waals surface area contributed by atoms with Gasteiger partial charge in [0.25, 0.3) is 5.91 Å². The number of hydrogen-bond acceptors (Lipinski definition) is 3. The summed E-state index contributed by atoms with van der Waals surface area (Å²) in [5.74, 6) is 1.64. The van der Waals surface area contributed by atoms with E-state index < -0.39 is 0 Å². The van der Waals surface area contributed by atoms with Crippen molar-refractivity contribution in [2.24, 2.45) is 5.92 Å². The molecule has 25 heavy (non-hydrogen) atoms. The predicted octanol–water partition coefficient (Wildman–Crippen LogP) is 5.79. The minimum Gasteiger partial charge on any atom is -0.495 e. The topological polar surface area (TPSA) is 47.6 Å².